The highest BCUT2D eigenvalue weighted by molar-refractivity contribution is 7.00. The van der Waals surface area contributed by atoms with Crippen molar-refractivity contribution in [3.63, 3.8) is 0 Å². The number of anilines is 6. The zero-order valence-electron chi connectivity index (χ0n) is 85.1. The van der Waals surface area contributed by atoms with Crippen LogP contribution in [0.5, 0.6) is 0 Å². The van der Waals surface area contributed by atoms with E-state index in [1.165, 1.54) is 9.13 Å². The van der Waals surface area contributed by atoms with Crippen LogP contribution < -0.4 is 26.2 Å². The zero-order valence-corrected chi connectivity index (χ0v) is 61.1. The molecule has 6 heteroatoms. The Kier molecular flexibility index (Phi) is 9.77. The van der Waals surface area contributed by atoms with Crippen molar-refractivity contribution in [1.82, 2.24) is 9.13 Å². The molecule has 109 heavy (non-hydrogen) atoms. The normalized spacial score (nSPS) is 16.5. The number of nitrogens with zero attached hydrogens (tertiary/aromatic N) is 4. The van der Waals surface area contributed by atoms with Crippen molar-refractivity contribution in [3.05, 3.63) is 354 Å². The van der Waals surface area contributed by atoms with Crippen LogP contribution in [0.25, 0.3) is 121 Å². The topological polar surface area (TPSA) is 29.5 Å². The largest absolute Gasteiger partial charge is 0.452 e. The summed E-state index contributed by atoms with van der Waals surface area (Å²) in [5.41, 5.74) is 11.5. The molecule has 3 aliphatic rings. The summed E-state index contributed by atoms with van der Waals surface area (Å²) in [5, 5.41) is 0.410. The Balaban J connectivity index is 0.973. The Morgan fingerprint density at radius 1 is 0.321 bits per heavy atom. The molecule has 0 amide bonds. The fraction of sp³-hybridized carbons (Fsp3) is 0.126. The van der Waals surface area contributed by atoms with Crippen LogP contribution in [-0.4, -0.2) is 15.8 Å². The van der Waals surface area contributed by atoms with Gasteiger partial charge >= 0.3 is 0 Å². The average Bonchev–Trinajstić information content (AvgIpc) is 1.59. The van der Waals surface area contributed by atoms with Crippen LogP contribution in [0.4, 0.5) is 34.1 Å². The zero-order chi connectivity index (χ0) is 94.4. The molecule has 0 saturated heterocycles. The molecule has 18 aromatic rings. The van der Waals surface area contributed by atoms with Crippen LogP contribution in [0.15, 0.2) is 325 Å². The molecule has 5 heterocycles. The van der Waals surface area contributed by atoms with Gasteiger partial charge < -0.3 is 23.4 Å². The van der Waals surface area contributed by atoms with Gasteiger partial charge in [-0.1, -0.05) is 304 Å². The predicted molar refractivity (Wildman–Crippen MR) is 462 cm³/mol. The van der Waals surface area contributed by atoms with Crippen LogP contribution in [-0.2, 0) is 16.2 Å². The van der Waals surface area contributed by atoms with Gasteiger partial charge in [-0.05, 0) is 178 Å². The van der Waals surface area contributed by atoms with Crippen molar-refractivity contribution in [1.29, 1.82) is 0 Å². The molecule has 2 aliphatic heterocycles. The first-order valence-corrected chi connectivity index (χ1v) is 36.7. The lowest BCUT2D eigenvalue weighted by Crippen LogP contribution is -2.61. The first kappa shape index (κ1) is 44.5. The maximum Gasteiger partial charge on any atom is 0.252 e. The molecule has 15 aromatic carbocycles. The number of furan rings is 1. The summed E-state index contributed by atoms with van der Waals surface area (Å²) >= 11 is 0. The van der Waals surface area contributed by atoms with Crippen molar-refractivity contribution in [2.45, 2.75) is 84.5 Å². The van der Waals surface area contributed by atoms with E-state index in [4.69, 9.17) is 15.4 Å². The van der Waals surface area contributed by atoms with Crippen molar-refractivity contribution in [2.75, 3.05) is 9.80 Å². The van der Waals surface area contributed by atoms with Crippen LogP contribution >= 0.6 is 0 Å². The summed E-state index contributed by atoms with van der Waals surface area (Å²) in [7, 11) is 0. The molecule has 0 saturated carbocycles. The highest BCUT2D eigenvalue weighted by Crippen LogP contribution is 2.56. The number of fused-ring (bicyclic) bond motifs is 16. The van der Waals surface area contributed by atoms with Gasteiger partial charge in [0, 0.05) is 77.8 Å². The van der Waals surface area contributed by atoms with Gasteiger partial charge in [-0.25, -0.2) is 0 Å². The molecule has 0 unspecified atom stereocenters. The second kappa shape index (κ2) is 23.9. The molecule has 0 atom stereocenters. The second-order valence-corrected chi connectivity index (χ2v) is 31.8. The van der Waals surface area contributed by atoms with Crippen LogP contribution in [0.2, 0.25) is 0 Å². The van der Waals surface area contributed by atoms with Gasteiger partial charge in [-0.2, -0.15) is 0 Å². The standard InChI is InChI=1S/C103H81BN4O/c1-101(2,3)68-54-66(55-69(59-68)102(4,5)6)67-57-94-97-95(58-67)108(98-82(63-30-12-10-13-31-63)60-70(103(7,8)9)61-83(98)64-32-14-11-15-33-64)93-62-71(105-86-44-24-20-36-74(86)75-37-21-25-45-87(75)105)51-53-85(93)104(97)84-52-50-65(96-78-40-18-16-34-72(78)73-35-17-19-41-79(73)96)56-92(84)107(94)91-49-29-43-81-80-42-28-48-90(99(80)109-100(81)91)106-88-46-26-22-38-76(88)77-39-23-27-47-89(77)106/h10-62,96H,1-9H3/i16D,17D,18D,19D,20D,21D,22D,23D,24D,25D,26D,27D,34D,35D,36D,37D,38D,39D,40D,41D,44D,45D,46D,47D. The maximum atomic E-state index is 9.98. The molecule has 3 aromatic heterocycles. The molecule has 0 spiro atoms. The van der Waals surface area contributed by atoms with E-state index in [1.807, 2.05) is 91.0 Å². The molecular formula is C103H81BN4O. The first-order valence-electron chi connectivity index (χ1n) is 48.7. The Bertz CT molecular complexity index is 8030. The summed E-state index contributed by atoms with van der Waals surface area (Å²) in [6, 6.07) is 44.1. The summed E-state index contributed by atoms with van der Waals surface area (Å²) in [4.78, 5) is 4.33. The minimum atomic E-state index is -1.33. The Labute approximate surface area is 671 Å². The molecule has 0 N–H and O–H groups in total. The monoisotopic (exact) mass is 1420 g/mol. The van der Waals surface area contributed by atoms with E-state index in [0.29, 0.717) is 72.4 Å². The number of benzene rings is 15. The van der Waals surface area contributed by atoms with Crippen LogP contribution in [0.3, 0.4) is 0 Å². The number of aromatic nitrogens is 2. The van der Waals surface area contributed by atoms with Crippen LogP contribution in [0, 0.1) is 0 Å². The first-order chi connectivity index (χ1) is 63.0. The number of hydrogen-bond donors (Lipinski definition) is 0. The van der Waals surface area contributed by atoms with Gasteiger partial charge in [0.25, 0.3) is 6.71 Å². The lowest BCUT2D eigenvalue weighted by atomic mass is 9.33. The SMILES string of the molecule is [2H]c1c([2H])c([2H])c2c(c1[2H])-c1c([2H])c([2H])c([2H])c([2H])c1C2c1ccc2c(c1)N(c1cccc3c1oc1c(-n4c5c([2H])c([2H])c([2H])c([2H])c5c5c([2H])c([2H])c([2H])c([2H])c54)cccc13)c1cc(-c3cc(C(C)(C)C)cc(C(C)(C)C)c3)cc3c1B2c1ccc(-n2c4c([2H])c([2H])c([2H])c([2H])c4c4c([2H])c([2H])c([2H])c([2H])c42)cc1N3c1c(-c2ccccc2)cc(C(C)(C)C)cc1-c1ccccc1. The predicted octanol–water partition coefficient (Wildman–Crippen LogP) is 25.9. The molecule has 1 aliphatic carbocycles. The number of hydrogen-bond acceptors (Lipinski definition) is 3. The molecule has 0 bridgehead atoms. The van der Waals surface area contributed by atoms with E-state index >= 15 is 0 Å². The summed E-state index contributed by atoms with van der Waals surface area (Å²) < 4.78 is 238. The summed E-state index contributed by atoms with van der Waals surface area (Å²) in [6.07, 6.45) is 0. The van der Waals surface area contributed by atoms with Crippen molar-refractivity contribution in [3.8, 4) is 55.9 Å². The van der Waals surface area contributed by atoms with Gasteiger partial charge in [0.2, 0.25) is 0 Å². The van der Waals surface area contributed by atoms with Crippen molar-refractivity contribution < 1.29 is 37.3 Å². The van der Waals surface area contributed by atoms with Crippen molar-refractivity contribution in [2.24, 2.45) is 0 Å². The molecule has 5 nitrogen and oxygen atoms in total. The Hall–Kier alpha value is -12.6. The van der Waals surface area contributed by atoms with E-state index in [2.05, 4.69) is 139 Å². The summed E-state index contributed by atoms with van der Waals surface area (Å²) in [5.74, 6) is -1.33. The lowest BCUT2D eigenvalue weighted by molar-refractivity contribution is 0.569. The van der Waals surface area contributed by atoms with E-state index in [-0.39, 0.29) is 88.4 Å². The van der Waals surface area contributed by atoms with Gasteiger partial charge in [-0.3, -0.25) is 0 Å². The fourth-order valence-corrected chi connectivity index (χ4v) is 17.1. The fourth-order valence-electron chi connectivity index (χ4n) is 17.1. The third kappa shape index (κ3) is 9.93. The van der Waals surface area contributed by atoms with Crippen molar-refractivity contribution >= 4 is 123 Å². The quantitative estimate of drug-likeness (QED) is 0.142. The highest BCUT2D eigenvalue weighted by Gasteiger charge is 2.47. The Morgan fingerprint density at radius 3 is 1.28 bits per heavy atom. The molecule has 0 fully saturated rings. The maximum absolute atomic E-state index is 9.98. The van der Waals surface area contributed by atoms with E-state index in [9.17, 15) is 21.9 Å². The summed E-state index contributed by atoms with van der Waals surface area (Å²) in [6.45, 7) is 18.5. The smallest absolute Gasteiger partial charge is 0.252 e. The number of para-hydroxylation sites is 6. The molecule has 522 valence electrons. The van der Waals surface area contributed by atoms with E-state index < -0.39 is 174 Å². The average molecular weight is 1430 g/mol. The van der Waals surface area contributed by atoms with Gasteiger partial charge in [0.1, 0.15) is 0 Å². The van der Waals surface area contributed by atoms with Gasteiger partial charge in [-0.15, -0.1) is 0 Å². The van der Waals surface area contributed by atoms with Crippen LogP contribution in [0.1, 0.15) is 135 Å². The van der Waals surface area contributed by atoms with E-state index in [0.717, 1.165) is 44.5 Å². The van der Waals surface area contributed by atoms with Gasteiger partial charge in [0.15, 0.2) is 11.2 Å². The third-order valence-corrected chi connectivity index (χ3v) is 22.3. The minimum Gasteiger partial charge on any atom is -0.452 e. The second-order valence-electron chi connectivity index (χ2n) is 31.8. The van der Waals surface area contributed by atoms with E-state index in [1.54, 1.807) is 18.2 Å². The number of rotatable bonds is 8. The molecule has 0 radical (unpaired) electrons. The minimum absolute atomic E-state index is 0.00671. The molecular weight excluding hydrogens is 1320 g/mol. The lowest BCUT2D eigenvalue weighted by Gasteiger charge is -2.45. The Morgan fingerprint density at radius 2 is 0.752 bits per heavy atom. The third-order valence-electron chi connectivity index (χ3n) is 22.3. The molecule has 21 rings (SSSR count). The highest BCUT2D eigenvalue weighted by atomic mass is 16.3. The van der Waals surface area contributed by atoms with Gasteiger partial charge in [0.05, 0.1) is 72.0 Å².